The Morgan fingerprint density at radius 1 is 1.33 bits per heavy atom. The van der Waals surface area contributed by atoms with Crippen LogP contribution in [0.25, 0.3) is 10.2 Å². The van der Waals surface area contributed by atoms with E-state index in [9.17, 15) is 9.59 Å². The average Bonchev–Trinajstić information content (AvgIpc) is 2.90. The van der Waals surface area contributed by atoms with Crippen molar-refractivity contribution < 1.29 is 4.79 Å². The fourth-order valence-electron chi connectivity index (χ4n) is 3.62. The molecule has 0 N–H and O–H groups in total. The molecule has 0 aromatic carbocycles. The normalized spacial score (nSPS) is 17.9. The smallest absolute Gasteiger partial charge is 0.263 e. The van der Waals surface area contributed by atoms with Crippen LogP contribution in [0.2, 0.25) is 0 Å². The lowest BCUT2D eigenvalue weighted by atomic mass is 10.0. The van der Waals surface area contributed by atoms with E-state index >= 15 is 0 Å². The number of amides is 1. The van der Waals surface area contributed by atoms with Crippen molar-refractivity contribution >= 4 is 39.2 Å². The van der Waals surface area contributed by atoms with E-state index in [-0.39, 0.29) is 11.5 Å². The zero-order valence-electron chi connectivity index (χ0n) is 16.9. The molecule has 0 radical (unpaired) electrons. The van der Waals surface area contributed by atoms with Crippen molar-refractivity contribution in [1.82, 2.24) is 14.5 Å². The molecule has 148 valence electrons. The summed E-state index contributed by atoms with van der Waals surface area (Å²) in [7, 11) is 0. The molecule has 1 saturated heterocycles. The van der Waals surface area contributed by atoms with E-state index in [0.717, 1.165) is 40.0 Å². The highest BCUT2D eigenvalue weighted by Crippen LogP contribution is 2.29. The Morgan fingerprint density at radius 2 is 2.07 bits per heavy atom. The van der Waals surface area contributed by atoms with Crippen molar-refractivity contribution in [3.63, 3.8) is 0 Å². The van der Waals surface area contributed by atoms with E-state index in [1.807, 2.05) is 18.7 Å². The van der Waals surface area contributed by atoms with Crippen LogP contribution in [0.5, 0.6) is 0 Å². The second-order valence-electron chi connectivity index (χ2n) is 7.89. The molecule has 7 heteroatoms. The van der Waals surface area contributed by atoms with E-state index in [2.05, 4.69) is 20.8 Å². The molecule has 0 saturated carbocycles. The number of hydrogen-bond acceptors (Lipinski definition) is 5. The Balaban J connectivity index is 1.90. The molecule has 2 aromatic rings. The van der Waals surface area contributed by atoms with Gasteiger partial charge in [0, 0.05) is 24.0 Å². The molecule has 1 aliphatic rings. The maximum atomic E-state index is 13.1. The van der Waals surface area contributed by atoms with Crippen LogP contribution < -0.4 is 5.56 Å². The zero-order valence-corrected chi connectivity index (χ0v) is 18.5. The van der Waals surface area contributed by atoms with E-state index in [1.54, 1.807) is 15.9 Å². The lowest BCUT2D eigenvalue weighted by molar-refractivity contribution is -0.131. The van der Waals surface area contributed by atoms with Crippen molar-refractivity contribution in [3.05, 3.63) is 20.8 Å². The third-order valence-electron chi connectivity index (χ3n) is 5.25. The molecule has 0 bridgehead atoms. The number of aromatic nitrogens is 2. The number of fused-ring (bicyclic) bond motifs is 1. The average molecular weight is 408 g/mol. The maximum absolute atomic E-state index is 13.1. The number of hydrogen-bond donors (Lipinski definition) is 0. The van der Waals surface area contributed by atoms with Crippen LogP contribution in [0.3, 0.4) is 0 Å². The van der Waals surface area contributed by atoms with Gasteiger partial charge < -0.3 is 4.90 Å². The lowest BCUT2D eigenvalue weighted by Crippen LogP contribution is -2.43. The predicted molar refractivity (Wildman–Crippen MR) is 114 cm³/mol. The Morgan fingerprint density at radius 3 is 2.74 bits per heavy atom. The summed E-state index contributed by atoms with van der Waals surface area (Å²) < 4.78 is 1.77. The lowest BCUT2D eigenvalue weighted by Gasteiger charge is -2.33. The summed E-state index contributed by atoms with van der Waals surface area (Å²) in [6.45, 7) is 11.8. The number of carbonyl (C=O) groups excluding carboxylic acids is 1. The van der Waals surface area contributed by atoms with Crippen molar-refractivity contribution in [2.75, 3.05) is 12.3 Å². The van der Waals surface area contributed by atoms with Crippen LogP contribution in [0.15, 0.2) is 9.95 Å². The van der Waals surface area contributed by atoms with Crippen LogP contribution >= 0.6 is 23.1 Å². The van der Waals surface area contributed by atoms with Gasteiger partial charge >= 0.3 is 0 Å². The molecule has 1 aliphatic heterocycles. The van der Waals surface area contributed by atoms with Crippen molar-refractivity contribution in [1.29, 1.82) is 0 Å². The van der Waals surface area contributed by atoms with Gasteiger partial charge in [-0.2, -0.15) is 0 Å². The highest BCUT2D eigenvalue weighted by Gasteiger charge is 2.24. The van der Waals surface area contributed by atoms with Gasteiger partial charge in [-0.3, -0.25) is 14.2 Å². The first-order valence-electron chi connectivity index (χ1n) is 9.72. The first kappa shape index (κ1) is 20.4. The highest BCUT2D eigenvalue weighted by molar-refractivity contribution is 7.99. The molecule has 3 heterocycles. The molecule has 1 atom stereocenters. The van der Waals surface area contributed by atoms with E-state index < -0.39 is 0 Å². The van der Waals surface area contributed by atoms with Crippen molar-refractivity contribution in [2.24, 2.45) is 5.92 Å². The molecule has 3 rings (SSSR count). The minimum atomic E-state index is 0.0249. The minimum absolute atomic E-state index is 0.0249. The largest absolute Gasteiger partial charge is 0.339 e. The predicted octanol–water partition coefficient (Wildman–Crippen LogP) is 4.22. The second kappa shape index (κ2) is 8.35. The van der Waals surface area contributed by atoms with Gasteiger partial charge in [-0.1, -0.05) is 25.6 Å². The van der Waals surface area contributed by atoms with E-state index in [1.165, 1.54) is 18.2 Å². The van der Waals surface area contributed by atoms with Crippen LogP contribution in [0.4, 0.5) is 0 Å². The fourth-order valence-corrected chi connectivity index (χ4v) is 5.59. The maximum Gasteiger partial charge on any atom is 0.263 e. The number of likely N-dealkylation sites (tertiary alicyclic amines) is 1. The summed E-state index contributed by atoms with van der Waals surface area (Å²) in [4.78, 5) is 34.5. The summed E-state index contributed by atoms with van der Waals surface area (Å²) in [5, 5.41) is 1.40. The number of thioether (sulfide) groups is 1. The van der Waals surface area contributed by atoms with Crippen LogP contribution in [-0.2, 0) is 11.3 Å². The van der Waals surface area contributed by atoms with Gasteiger partial charge in [-0.15, -0.1) is 11.3 Å². The Labute approximate surface area is 169 Å². The van der Waals surface area contributed by atoms with E-state index in [0.29, 0.717) is 29.4 Å². The molecular weight excluding hydrogens is 378 g/mol. The van der Waals surface area contributed by atoms with Gasteiger partial charge in [-0.25, -0.2) is 4.98 Å². The number of piperidine rings is 1. The van der Waals surface area contributed by atoms with Gasteiger partial charge in [0.15, 0.2) is 5.16 Å². The van der Waals surface area contributed by atoms with Gasteiger partial charge in [0.25, 0.3) is 5.56 Å². The molecule has 27 heavy (non-hydrogen) atoms. The zero-order chi connectivity index (χ0) is 19.7. The third kappa shape index (κ3) is 4.24. The molecule has 5 nitrogen and oxygen atoms in total. The summed E-state index contributed by atoms with van der Waals surface area (Å²) in [6.07, 6.45) is 3.35. The van der Waals surface area contributed by atoms with Crippen LogP contribution in [-0.4, -0.2) is 38.7 Å². The molecule has 2 aromatic heterocycles. The molecule has 0 aliphatic carbocycles. The van der Waals surface area contributed by atoms with Crippen LogP contribution in [0.1, 0.15) is 50.5 Å². The number of thiophene rings is 1. The second-order valence-corrected chi connectivity index (χ2v) is 10.0. The fraction of sp³-hybridized carbons (Fsp3) is 0.650. The third-order valence-corrected chi connectivity index (χ3v) is 7.31. The van der Waals surface area contributed by atoms with Gasteiger partial charge in [-0.05, 0) is 51.5 Å². The van der Waals surface area contributed by atoms with E-state index in [4.69, 9.17) is 4.98 Å². The number of carbonyl (C=O) groups is 1. The first-order valence-corrected chi connectivity index (χ1v) is 11.5. The van der Waals surface area contributed by atoms with Crippen molar-refractivity contribution in [2.45, 2.75) is 71.6 Å². The minimum Gasteiger partial charge on any atom is -0.339 e. The standard InChI is InChI=1S/C20H29N3O2S2/c1-12(2)10-23-19(25)17-14(4)15(5)27-18(17)21-20(23)26-11-16(24)22-9-7-6-8-13(22)3/h12-13H,6-11H2,1-5H3/t13-/m1/s1. The summed E-state index contributed by atoms with van der Waals surface area (Å²) in [6, 6.07) is 0.308. The molecule has 0 unspecified atom stereocenters. The first-order chi connectivity index (χ1) is 12.8. The summed E-state index contributed by atoms with van der Waals surface area (Å²) in [5.41, 5.74) is 1.05. The quantitative estimate of drug-likeness (QED) is 0.550. The van der Waals surface area contributed by atoms with Gasteiger partial charge in [0.1, 0.15) is 4.83 Å². The Hall–Kier alpha value is -1.34. The molecular formula is C20H29N3O2S2. The SMILES string of the molecule is Cc1sc2nc(SCC(=O)N3CCCC[C@H]3C)n(CC(C)C)c(=O)c2c1C. The van der Waals surface area contributed by atoms with Gasteiger partial charge in [0.05, 0.1) is 11.1 Å². The molecule has 0 spiro atoms. The monoisotopic (exact) mass is 407 g/mol. The number of rotatable bonds is 5. The Bertz CT molecular complexity index is 901. The summed E-state index contributed by atoms with van der Waals surface area (Å²) in [5.74, 6) is 0.819. The Kier molecular flexibility index (Phi) is 6.31. The summed E-state index contributed by atoms with van der Waals surface area (Å²) >= 11 is 2.97. The highest BCUT2D eigenvalue weighted by atomic mass is 32.2. The van der Waals surface area contributed by atoms with Crippen LogP contribution in [0, 0.1) is 19.8 Å². The topological polar surface area (TPSA) is 55.2 Å². The molecule has 1 fully saturated rings. The molecule has 1 amide bonds. The van der Waals surface area contributed by atoms with Gasteiger partial charge in [0.2, 0.25) is 5.91 Å². The van der Waals surface area contributed by atoms with Crippen molar-refractivity contribution in [3.8, 4) is 0 Å². The number of aryl methyl sites for hydroxylation is 2. The number of nitrogens with zero attached hydrogens (tertiary/aromatic N) is 3.